The molecule has 0 radical (unpaired) electrons. The third kappa shape index (κ3) is 3.91. The number of fused-ring (bicyclic) bond motifs is 2. The Morgan fingerprint density at radius 2 is 1.97 bits per heavy atom. The predicted octanol–water partition coefficient (Wildman–Crippen LogP) is 5.00. The van der Waals surface area contributed by atoms with Crippen LogP contribution in [0.1, 0.15) is 16.6 Å². The Hall–Kier alpha value is -3.54. The Morgan fingerprint density at radius 1 is 1.17 bits per heavy atom. The van der Waals surface area contributed by atoms with Crippen molar-refractivity contribution in [1.29, 1.82) is 0 Å². The lowest BCUT2D eigenvalue weighted by atomic mass is 10.1. The molecular weight excluding hydrogens is 517 g/mol. The maximum atomic E-state index is 14.0. The SMILES string of the molecule is CCOC(=O)c1cc2cncc(-n3c(=O)[nH]c4cc(-c5cc(OC)c(F)cc5Cl)sc4c3=O)c2s1. The van der Waals surface area contributed by atoms with Crippen molar-refractivity contribution >= 4 is 60.5 Å². The van der Waals surface area contributed by atoms with Gasteiger partial charge in [0.25, 0.3) is 5.56 Å². The van der Waals surface area contributed by atoms with Gasteiger partial charge in [-0.05, 0) is 31.2 Å². The van der Waals surface area contributed by atoms with Gasteiger partial charge in [-0.25, -0.2) is 18.5 Å². The van der Waals surface area contributed by atoms with Gasteiger partial charge in [0.15, 0.2) is 11.6 Å². The number of methoxy groups -OCH3 is 1. The van der Waals surface area contributed by atoms with E-state index in [1.54, 1.807) is 25.3 Å². The molecule has 0 aliphatic rings. The van der Waals surface area contributed by atoms with Crippen LogP contribution in [-0.2, 0) is 4.74 Å². The molecule has 1 aromatic carbocycles. The number of rotatable bonds is 5. The Kier molecular flexibility index (Phi) is 5.91. The highest BCUT2D eigenvalue weighted by molar-refractivity contribution is 7.22. The minimum absolute atomic E-state index is 0.000567. The normalized spacial score (nSPS) is 11.3. The number of carbonyl (C=O) groups excluding carboxylic acids is 1. The van der Waals surface area contributed by atoms with Gasteiger partial charge in [0, 0.05) is 22.0 Å². The van der Waals surface area contributed by atoms with E-state index >= 15 is 0 Å². The number of thiophene rings is 2. The fraction of sp³-hybridized carbons (Fsp3) is 0.130. The summed E-state index contributed by atoms with van der Waals surface area (Å²) in [5, 5.41) is 0.732. The number of hydrogen-bond acceptors (Lipinski definition) is 8. The van der Waals surface area contributed by atoms with E-state index in [2.05, 4.69) is 9.97 Å². The van der Waals surface area contributed by atoms with Gasteiger partial charge in [0.1, 0.15) is 9.58 Å². The maximum Gasteiger partial charge on any atom is 0.348 e. The number of benzene rings is 1. The second-order valence-corrected chi connectivity index (χ2v) is 9.81. The van der Waals surface area contributed by atoms with Crippen LogP contribution in [0.15, 0.2) is 46.2 Å². The van der Waals surface area contributed by atoms with Crippen molar-refractivity contribution < 1.29 is 18.7 Å². The topological polar surface area (TPSA) is 103 Å². The van der Waals surface area contributed by atoms with Crippen molar-refractivity contribution in [2.75, 3.05) is 13.7 Å². The molecule has 0 fully saturated rings. The lowest BCUT2D eigenvalue weighted by Crippen LogP contribution is -2.33. The Bertz CT molecular complexity index is 1750. The van der Waals surface area contributed by atoms with Gasteiger partial charge in [0.05, 0.1) is 40.8 Å². The smallest absolute Gasteiger partial charge is 0.348 e. The molecule has 0 unspecified atom stereocenters. The van der Waals surface area contributed by atoms with E-state index in [0.29, 0.717) is 30.9 Å². The van der Waals surface area contributed by atoms with Gasteiger partial charge in [0.2, 0.25) is 0 Å². The molecule has 0 bridgehead atoms. The summed E-state index contributed by atoms with van der Waals surface area (Å²) in [6.45, 7) is 1.93. The van der Waals surface area contributed by atoms with Crippen LogP contribution in [0, 0.1) is 5.82 Å². The number of aromatic amines is 1. The molecule has 5 aromatic rings. The van der Waals surface area contributed by atoms with Crippen LogP contribution in [0.3, 0.4) is 0 Å². The standard InChI is InChI=1S/C23H15ClFN3O5S2/c1-3-33-22(30)18-4-10-8-26-9-15(19(10)35-18)28-21(29)20-14(27-23(28)31)7-17(34-20)11-5-16(32-2)13(25)6-12(11)24/h4-9H,3H2,1-2H3,(H,27,31). The van der Waals surface area contributed by atoms with Gasteiger partial charge >= 0.3 is 11.7 Å². The summed E-state index contributed by atoms with van der Waals surface area (Å²) < 4.78 is 25.9. The predicted molar refractivity (Wildman–Crippen MR) is 134 cm³/mol. The van der Waals surface area contributed by atoms with E-state index in [1.165, 1.54) is 19.4 Å². The minimum Gasteiger partial charge on any atom is -0.494 e. The van der Waals surface area contributed by atoms with Crippen LogP contribution in [0.2, 0.25) is 5.02 Å². The van der Waals surface area contributed by atoms with E-state index in [4.69, 9.17) is 21.1 Å². The lowest BCUT2D eigenvalue weighted by molar-refractivity contribution is 0.0532. The van der Waals surface area contributed by atoms with E-state index in [1.807, 2.05) is 0 Å². The average molecular weight is 532 g/mol. The molecule has 1 N–H and O–H groups in total. The molecule has 0 amide bonds. The van der Waals surface area contributed by atoms with Crippen LogP contribution < -0.4 is 16.0 Å². The fourth-order valence-electron chi connectivity index (χ4n) is 3.64. The third-order valence-electron chi connectivity index (χ3n) is 5.20. The monoisotopic (exact) mass is 531 g/mol. The third-order valence-corrected chi connectivity index (χ3v) is 7.82. The summed E-state index contributed by atoms with van der Waals surface area (Å²) in [5.74, 6) is -1.11. The molecule has 8 nitrogen and oxygen atoms in total. The molecule has 5 rings (SSSR count). The summed E-state index contributed by atoms with van der Waals surface area (Å²) in [4.78, 5) is 46.4. The van der Waals surface area contributed by atoms with Crippen molar-refractivity contribution in [2.24, 2.45) is 0 Å². The molecule has 0 saturated carbocycles. The zero-order valence-corrected chi connectivity index (χ0v) is 20.6. The first-order valence-electron chi connectivity index (χ1n) is 10.2. The number of nitrogens with zero attached hydrogens (tertiary/aromatic N) is 2. The highest BCUT2D eigenvalue weighted by Gasteiger charge is 2.20. The molecule has 4 aromatic heterocycles. The first-order chi connectivity index (χ1) is 16.8. The Morgan fingerprint density at radius 3 is 2.71 bits per heavy atom. The first kappa shape index (κ1) is 23.2. The molecule has 0 saturated heterocycles. The first-order valence-corrected chi connectivity index (χ1v) is 12.2. The van der Waals surface area contributed by atoms with E-state index in [-0.39, 0.29) is 27.8 Å². The van der Waals surface area contributed by atoms with Crippen molar-refractivity contribution in [3.63, 3.8) is 0 Å². The number of hydrogen-bond donors (Lipinski definition) is 1. The summed E-state index contributed by atoms with van der Waals surface area (Å²) in [5.41, 5.74) is -0.221. The number of esters is 1. The summed E-state index contributed by atoms with van der Waals surface area (Å²) in [6, 6.07) is 5.78. The lowest BCUT2D eigenvalue weighted by Gasteiger charge is -2.06. The van der Waals surface area contributed by atoms with Crippen LogP contribution >= 0.6 is 34.3 Å². The fourth-order valence-corrected chi connectivity index (χ4v) is 6.05. The van der Waals surface area contributed by atoms with Crippen molar-refractivity contribution in [2.45, 2.75) is 6.92 Å². The van der Waals surface area contributed by atoms with Crippen molar-refractivity contribution in [3.8, 4) is 21.9 Å². The summed E-state index contributed by atoms with van der Waals surface area (Å²) >= 11 is 8.45. The molecule has 0 aliphatic carbocycles. The van der Waals surface area contributed by atoms with E-state index in [9.17, 15) is 18.8 Å². The van der Waals surface area contributed by atoms with Gasteiger partial charge in [-0.3, -0.25) is 9.78 Å². The van der Waals surface area contributed by atoms with E-state index < -0.39 is 23.0 Å². The number of H-pyrrole nitrogens is 1. The Labute approximate surface area is 209 Å². The Balaban J connectivity index is 1.70. The van der Waals surface area contributed by atoms with Crippen LogP contribution in [0.4, 0.5) is 4.39 Å². The zero-order valence-electron chi connectivity index (χ0n) is 18.2. The van der Waals surface area contributed by atoms with Crippen LogP contribution in [0.25, 0.3) is 36.4 Å². The molecule has 4 heterocycles. The second-order valence-electron chi connectivity index (χ2n) is 7.30. The van der Waals surface area contributed by atoms with Gasteiger partial charge < -0.3 is 14.5 Å². The maximum absolute atomic E-state index is 14.0. The molecule has 12 heteroatoms. The molecule has 0 aliphatic heterocycles. The number of ether oxygens (including phenoxy) is 2. The number of halogens is 2. The quantitative estimate of drug-likeness (QED) is 0.320. The molecule has 178 valence electrons. The molecule has 0 spiro atoms. The summed E-state index contributed by atoms with van der Waals surface area (Å²) in [7, 11) is 1.34. The van der Waals surface area contributed by atoms with Gasteiger partial charge in [-0.15, -0.1) is 22.7 Å². The van der Waals surface area contributed by atoms with Crippen LogP contribution in [-0.4, -0.2) is 34.2 Å². The van der Waals surface area contributed by atoms with Crippen molar-refractivity contribution in [1.82, 2.24) is 14.5 Å². The highest BCUT2D eigenvalue weighted by Crippen LogP contribution is 2.38. The second kappa shape index (κ2) is 8.91. The van der Waals surface area contributed by atoms with E-state index in [0.717, 1.165) is 33.3 Å². The average Bonchev–Trinajstić information content (AvgIpc) is 3.44. The number of pyridine rings is 1. The van der Waals surface area contributed by atoms with Crippen LogP contribution in [0.5, 0.6) is 5.75 Å². The van der Waals surface area contributed by atoms with Crippen molar-refractivity contribution in [3.05, 3.63) is 73.2 Å². The number of carbonyl (C=O) groups is 1. The largest absolute Gasteiger partial charge is 0.494 e. The van der Waals surface area contributed by atoms with Gasteiger partial charge in [-0.1, -0.05) is 11.6 Å². The molecule has 0 atom stereocenters. The summed E-state index contributed by atoms with van der Waals surface area (Å²) in [6.07, 6.45) is 2.94. The number of aromatic nitrogens is 3. The number of nitrogens with one attached hydrogen (secondary N) is 1. The molecule has 35 heavy (non-hydrogen) atoms. The zero-order chi connectivity index (χ0) is 24.9. The minimum atomic E-state index is -0.671. The van der Waals surface area contributed by atoms with Gasteiger partial charge in [-0.2, -0.15) is 0 Å². The highest BCUT2D eigenvalue weighted by atomic mass is 35.5. The molecular formula is C23H15ClFN3O5S2.